The molecule has 6 aliphatic carbocycles. The molecule has 8 N–H and O–H groups in total. The van der Waals surface area contributed by atoms with Gasteiger partial charge in [0.15, 0.2) is 22.6 Å². The molecule has 4 bridgehead atoms. The maximum Gasteiger partial charge on any atom is 0.183 e. The van der Waals surface area contributed by atoms with Crippen molar-refractivity contribution in [1.82, 2.24) is 101 Å². The van der Waals surface area contributed by atoms with E-state index in [4.69, 9.17) is 29.7 Å². The number of hydrogen-bond acceptors (Lipinski definition) is 21. The molecule has 534 valence electrons. The number of rotatable bonds is 12. The van der Waals surface area contributed by atoms with Crippen molar-refractivity contribution < 1.29 is 22.3 Å². The lowest BCUT2D eigenvalue weighted by atomic mass is 9.49. The molecular formula is C74H84F4N24O. The van der Waals surface area contributed by atoms with Gasteiger partial charge in [0.05, 0.1) is 46.3 Å². The molecule has 1 aliphatic heterocycles. The van der Waals surface area contributed by atoms with Gasteiger partial charge < -0.3 is 26.0 Å². The average molecular weight is 1400 g/mol. The summed E-state index contributed by atoms with van der Waals surface area (Å²) in [5, 5.41) is 43.3. The molecule has 25 nitrogen and oxygen atoms in total. The maximum atomic E-state index is 13.6. The quantitative estimate of drug-likeness (QED) is 0.0416. The van der Waals surface area contributed by atoms with Crippen LogP contribution in [0.15, 0.2) is 67.3 Å². The van der Waals surface area contributed by atoms with Gasteiger partial charge in [0.1, 0.15) is 93.1 Å². The minimum atomic E-state index is -0.409. The van der Waals surface area contributed by atoms with E-state index in [9.17, 15) is 17.6 Å². The fourth-order valence-electron chi connectivity index (χ4n) is 16.4. The van der Waals surface area contributed by atoms with E-state index in [1.54, 1.807) is 0 Å². The summed E-state index contributed by atoms with van der Waals surface area (Å²) < 4.78 is 59.5. The van der Waals surface area contributed by atoms with Gasteiger partial charge in [-0.1, -0.05) is 51.9 Å². The molecule has 0 spiro atoms. The molecule has 0 unspecified atom stereocenters. The first-order valence-corrected chi connectivity index (χ1v) is 36.0. The van der Waals surface area contributed by atoms with Crippen molar-refractivity contribution >= 4 is 90.7 Å². The number of hydrogen-bond donors (Lipinski definition) is 8. The van der Waals surface area contributed by atoms with Crippen molar-refractivity contribution in [3.8, 4) is 0 Å². The van der Waals surface area contributed by atoms with Crippen LogP contribution in [-0.4, -0.2) is 114 Å². The van der Waals surface area contributed by atoms with Crippen LogP contribution in [0.3, 0.4) is 0 Å². The van der Waals surface area contributed by atoms with Crippen LogP contribution < -0.4 is 21.3 Å². The van der Waals surface area contributed by atoms with Gasteiger partial charge in [-0.05, 0) is 153 Å². The number of anilines is 8. The average Bonchev–Trinajstić information content (AvgIpc) is 1.71. The Morgan fingerprint density at radius 3 is 1.29 bits per heavy atom. The summed E-state index contributed by atoms with van der Waals surface area (Å²) >= 11 is 0. The molecule has 1 saturated heterocycles. The smallest absolute Gasteiger partial charge is 0.183 e. The topological polar surface area (TPSA) is 327 Å². The summed E-state index contributed by atoms with van der Waals surface area (Å²) in [5.41, 5.74) is 6.71. The predicted molar refractivity (Wildman–Crippen MR) is 384 cm³/mol. The van der Waals surface area contributed by atoms with Crippen LogP contribution >= 0.6 is 0 Å². The number of fused-ring (bicyclic) bond motifs is 4. The zero-order valence-electron chi connectivity index (χ0n) is 58.6. The van der Waals surface area contributed by atoms with E-state index >= 15 is 0 Å². The number of aryl methyl sites for hydroxylation is 4. The minimum Gasteiger partial charge on any atom is -0.381 e. The van der Waals surface area contributed by atoms with E-state index < -0.39 is 17.5 Å². The van der Waals surface area contributed by atoms with E-state index in [-0.39, 0.29) is 11.2 Å². The lowest BCUT2D eigenvalue weighted by Crippen LogP contribution is -2.49. The van der Waals surface area contributed by atoms with Crippen molar-refractivity contribution in [2.24, 2.45) is 23.7 Å². The third kappa shape index (κ3) is 15.4. The normalized spacial score (nSPS) is 21.1. The number of aromatic nitrogens is 20. The van der Waals surface area contributed by atoms with Crippen LogP contribution in [0.5, 0.6) is 0 Å². The molecule has 0 amide bonds. The first kappa shape index (κ1) is 68.4. The van der Waals surface area contributed by atoms with Crippen molar-refractivity contribution in [3.05, 3.63) is 142 Å². The number of ether oxygens (including phenoxy) is 1. The summed E-state index contributed by atoms with van der Waals surface area (Å²) in [4.78, 5) is 53.9. The molecule has 12 aromatic rings. The summed E-state index contributed by atoms with van der Waals surface area (Å²) in [6.45, 7) is 13.7. The molecule has 13 heterocycles. The van der Waals surface area contributed by atoms with Gasteiger partial charge in [-0.2, -0.15) is 20.4 Å². The highest BCUT2D eigenvalue weighted by atomic mass is 19.1. The Bertz CT molecular complexity index is 4990. The molecule has 2 atom stereocenters. The van der Waals surface area contributed by atoms with E-state index in [0.29, 0.717) is 103 Å². The zero-order valence-corrected chi connectivity index (χ0v) is 58.6. The zero-order chi connectivity index (χ0) is 70.9. The molecule has 103 heavy (non-hydrogen) atoms. The number of halogens is 4. The summed E-state index contributed by atoms with van der Waals surface area (Å²) in [5.74, 6) is 11.4. The second-order valence-electron chi connectivity index (χ2n) is 29.0. The van der Waals surface area contributed by atoms with Crippen LogP contribution in [0.4, 0.5) is 64.1 Å². The van der Waals surface area contributed by atoms with Crippen molar-refractivity contribution in [2.75, 3.05) is 34.5 Å². The Morgan fingerprint density at radius 1 is 0.417 bits per heavy atom. The highest BCUT2D eigenvalue weighted by Gasteiger charge is 2.53. The van der Waals surface area contributed by atoms with E-state index in [1.165, 1.54) is 114 Å². The summed E-state index contributed by atoms with van der Waals surface area (Å²) in [6.07, 6.45) is 26.6. The number of nitrogens with zero attached hydrogens (tertiary/aromatic N) is 16. The highest BCUT2D eigenvalue weighted by molar-refractivity contribution is 5.91. The number of nitrogens with one attached hydrogen (secondary N) is 8. The van der Waals surface area contributed by atoms with E-state index in [0.717, 1.165) is 145 Å². The van der Waals surface area contributed by atoms with Gasteiger partial charge in [0, 0.05) is 82.9 Å². The molecule has 29 heteroatoms. The van der Waals surface area contributed by atoms with Crippen molar-refractivity contribution in [2.45, 2.75) is 180 Å². The Labute approximate surface area is 591 Å². The van der Waals surface area contributed by atoms with Crippen molar-refractivity contribution in [1.29, 1.82) is 0 Å². The van der Waals surface area contributed by atoms with Crippen LogP contribution in [0, 0.1) is 81.6 Å². The van der Waals surface area contributed by atoms with Gasteiger partial charge in [-0.3, -0.25) is 20.4 Å². The number of aromatic amines is 4. The number of H-pyrrole nitrogens is 4. The van der Waals surface area contributed by atoms with Crippen molar-refractivity contribution in [3.63, 3.8) is 0 Å². The minimum absolute atomic E-state index is 0.140. The lowest BCUT2D eigenvalue weighted by molar-refractivity contribution is -0.00940. The molecule has 6 saturated carbocycles. The Balaban J connectivity index is 0.000000111. The second-order valence-corrected chi connectivity index (χ2v) is 29.0. The van der Waals surface area contributed by atoms with Gasteiger partial charge in [-0.25, -0.2) is 77.4 Å². The molecule has 7 aliphatic rings. The molecule has 19 rings (SSSR count). The summed E-state index contributed by atoms with van der Waals surface area (Å²) in [7, 11) is 0. The van der Waals surface area contributed by atoms with Crippen LogP contribution in [-0.2, 0) is 10.2 Å². The van der Waals surface area contributed by atoms with Gasteiger partial charge in [0.25, 0.3) is 0 Å². The standard InChI is InChI=1S/C21H23FN6.C19H23FN6.C18H21FN6.C16H17FN6O/c1-11-2-17(25-19-16-6-15(22)10-23-18(16)27-28-19)26-20(24-11)21-7-12-3-13(8-21)5-14(4-12)9-21;1-11-12(2)22-17(13-7-5-3-4-6-8-13)23-16(11)24-19-15-9-14(20)10-21-18(15)25-26-19;1-10-5-3-4-6-13(10)17-21-11(2)7-15(22-17)23-18-14-8-12(19)9-20-16(14)24-25-18;1-9-6-13(20-14(19-9)10-2-4-24-5-3-10)21-16-12-7-11(17)8-18-15(12)22-23-16/h2,6,10,12-14H,3-5,7-9H2,1H3,(H2,23,24,25,26,27,28);9-10,13H,3-8H2,1-2H3,(H2,21,22,23,24,25,26);7-10,13H,3-6H2,1-2H3,(H2,20,21,22,23,24,25);6-8,10H,2-5H2,1H3,(H2,18,19,20,21,22,23)/t;;10-,13-;/m..0./s1. The largest absolute Gasteiger partial charge is 0.381 e. The van der Waals surface area contributed by atoms with E-state index in [1.807, 2.05) is 52.8 Å². The van der Waals surface area contributed by atoms with Crippen LogP contribution in [0.2, 0.25) is 0 Å². The first-order valence-electron chi connectivity index (χ1n) is 36.0. The Hall–Kier alpha value is -10.3. The molecule has 12 aromatic heterocycles. The monoisotopic (exact) mass is 1400 g/mol. The fraction of sp³-hybridized carbons (Fsp3) is 0.459. The Kier molecular flexibility index (Phi) is 19.6. The second kappa shape index (κ2) is 29.6. The third-order valence-electron chi connectivity index (χ3n) is 21.3. The highest BCUT2D eigenvalue weighted by Crippen LogP contribution is 2.60. The maximum absolute atomic E-state index is 13.6. The Morgan fingerprint density at radius 2 is 0.816 bits per heavy atom. The van der Waals surface area contributed by atoms with Gasteiger partial charge in [-0.15, -0.1) is 0 Å². The third-order valence-corrected chi connectivity index (χ3v) is 21.3. The number of pyridine rings is 4. The molecular weight excluding hydrogens is 1320 g/mol. The fourth-order valence-corrected chi connectivity index (χ4v) is 16.4. The van der Waals surface area contributed by atoms with Gasteiger partial charge >= 0.3 is 0 Å². The molecule has 7 fully saturated rings. The molecule has 0 radical (unpaired) electrons. The molecule has 0 aromatic carbocycles. The first-order chi connectivity index (χ1) is 50.0. The van der Waals surface area contributed by atoms with Gasteiger partial charge in [0.2, 0.25) is 0 Å². The van der Waals surface area contributed by atoms with Crippen LogP contribution in [0.25, 0.3) is 44.1 Å². The van der Waals surface area contributed by atoms with E-state index in [2.05, 4.69) is 104 Å². The SMILES string of the molecule is Cc1cc(Nc2[nH]nc3ncc(F)cc23)nc(C23CC4CC(CC(C4)C2)C3)n1.Cc1cc(Nc2[nH]nc3ncc(F)cc23)nc(C2CCOCC2)n1.Cc1cc(Nc2[nH]nc3ncc(F)cc23)nc([C@H]2CCCC[C@@H]2C)n1.Cc1nc(C2CCCCCC2)nc(Nc2[nH]nc3ncc(F)cc23)c1C. The predicted octanol–water partition coefficient (Wildman–Crippen LogP) is 16.2. The van der Waals surface area contributed by atoms with Crippen LogP contribution in [0.1, 0.15) is 192 Å². The lowest BCUT2D eigenvalue weighted by Gasteiger charge is -2.56. The summed E-state index contributed by atoms with van der Waals surface area (Å²) in [6, 6.07) is 11.3.